The van der Waals surface area contributed by atoms with Crippen molar-refractivity contribution in [3.63, 3.8) is 0 Å². The van der Waals surface area contributed by atoms with E-state index < -0.39 is 28.4 Å². The van der Waals surface area contributed by atoms with Crippen molar-refractivity contribution < 1.29 is 27.9 Å². The molecule has 1 rings (SSSR count). The van der Waals surface area contributed by atoms with Gasteiger partial charge in [0.1, 0.15) is 11.4 Å². The van der Waals surface area contributed by atoms with Crippen molar-refractivity contribution in [1.82, 2.24) is 9.62 Å². The number of ether oxygens (including phenoxy) is 1. The lowest BCUT2D eigenvalue weighted by Crippen LogP contribution is -2.32. The van der Waals surface area contributed by atoms with E-state index in [-0.39, 0.29) is 21.2 Å². The van der Waals surface area contributed by atoms with Gasteiger partial charge in [-0.15, -0.1) is 0 Å². The molecule has 0 aliphatic heterocycles. The number of carboxylic acid groups (broad SMARTS) is 1. The van der Waals surface area contributed by atoms with E-state index in [2.05, 4.69) is 5.32 Å². The third kappa shape index (κ3) is 3.67. The normalized spacial score (nSPS) is 11.3. The van der Waals surface area contributed by atoms with Crippen molar-refractivity contribution in [1.29, 1.82) is 0 Å². The van der Waals surface area contributed by atoms with Crippen LogP contribution in [0.25, 0.3) is 0 Å². The number of carbonyl (C=O) groups excluding carboxylic acids is 1. The number of nitrogens with zero attached hydrogens (tertiary/aromatic N) is 1. The zero-order chi connectivity index (χ0) is 17.1. The minimum absolute atomic E-state index is 0.00157. The lowest BCUT2D eigenvalue weighted by Gasteiger charge is -2.19. The van der Waals surface area contributed by atoms with Gasteiger partial charge in [-0.1, -0.05) is 11.6 Å². The first-order valence-corrected chi connectivity index (χ1v) is 7.74. The molecule has 2 N–H and O–H groups in total. The highest BCUT2D eigenvalue weighted by Crippen LogP contribution is 2.33. The summed E-state index contributed by atoms with van der Waals surface area (Å²) in [4.78, 5) is 22.1. The first-order valence-electron chi connectivity index (χ1n) is 5.92. The number of nitrogens with one attached hydrogen (secondary N) is 1. The fraction of sp³-hybridized carbons (Fsp3) is 0.333. The summed E-state index contributed by atoms with van der Waals surface area (Å²) in [7, 11) is -0.531. The maximum atomic E-state index is 12.5. The van der Waals surface area contributed by atoms with Crippen molar-refractivity contribution in [2.24, 2.45) is 0 Å². The molecule has 122 valence electrons. The van der Waals surface area contributed by atoms with Crippen LogP contribution in [0.5, 0.6) is 5.75 Å². The molecule has 1 amide bonds. The van der Waals surface area contributed by atoms with Crippen LogP contribution >= 0.6 is 11.6 Å². The van der Waals surface area contributed by atoms with Gasteiger partial charge in [0.2, 0.25) is 10.0 Å². The van der Waals surface area contributed by atoms with E-state index >= 15 is 0 Å². The van der Waals surface area contributed by atoms with Crippen LogP contribution in [0.1, 0.15) is 10.4 Å². The second-order valence-electron chi connectivity index (χ2n) is 4.22. The van der Waals surface area contributed by atoms with E-state index in [9.17, 15) is 18.0 Å². The number of carboxylic acids is 1. The highest BCUT2D eigenvalue weighted by molar-refractivity contribution is 7.89. The summed E-state index contributed by atoms with van der Waals surface area (Å²) in [5.41, 5.74) is -0.0696. The van der Waals surface area contributed by atoms with Crippen molar-refractivity contribution in [2.75, 3.05) is 27.7 Å². The van der Waals surface area contributed by atoms with Gasteiger partial charge in [-0.2, -0.15) is 4.31 Å². The molecule has 0 saturated carbocycles. The van der Waals surface area contributed by atoms with E-state index in [0.29, 0.717) is 4.31 Å². The zero-order valence-electron chi connectivity index (χ0n) is 12.1. The lowest BCUT2D eigenvalue weighted by atomic mass is 10.2. The van der Waals surface area contributed by atoms with Crippen LogP contribution in [0.2, 0.25) is 5.02 Å². The summed E-state index contributed by atoms with van der Waals surface area (Å²) in [5.74, 6) is -2.11. The molecule has 22 heavy (non-hydrogen) atoms. The maximum Gasteiger partial charge on any atom is 0.318 e. The Morgan fingerprint density at radius 3 is 2.45 bits per heavy atom. The Bertz CT molecular complexity index is 704. The lowest BCUT2D eigenvalue weighted by molar-refractivity contribution is -0.137. The predicted octanol–water partition coefficient (Wildman–Crippen LogP) is 0.413. The Hall–Kier alpha value is -1.84. The van der Waals surface area contributed by atoms with Gasteiger partial charge in [0, 0.05) is 19.1 Å². The van der Waals surface area contributed by atoms with Gasteiger partial charge in [0.15, 0.2) is 5.75 Å². The third-order valence-electron chi connectivity index (χ3n) is 2.74. The Morgan fingerprint density at radius 2 is 2.00 bits per heavy atom. The number of hydrogen-bond donors (Lipinski definition) is 2. The average Bonchev–Trinajstić information content (AvgIpc) is 2.44. The summed E-state index contributed by atoms with van der Waals surface area (Å²) in [6.45, 7) is -0.743. The third-order valence-corrected chi connectivity index (χ3v) is 4.77. The van der Waals surface area contributed by atoms with E-state index in [4.69, 9.17) is 21.4 Å². The number of amides is 1. The molecule has 0 radical (unpaired) electrons. The van der Waals surface area contributed by atoms with E-state index in [1.807, 2.05) is 0 Å². The molecule has 0 atom stereocenters. The molecular weight excluding hydrogens is 336 g/mol. The molecule has 0 heterocycles. The monoisotopic (exact) mass is 350 g/mol. The first kappa shape index (κ1) is 18.2. The van der Waals surface area contributed by atoms with Crippen LogP contribution in [0.4, 0.5) is 0 Å². The number of hydrogen-bond acceptors (Lipinski definition) is 5. The number of halogens is 1. The van der Waals surface area contributed by atoms with Gasteiger partial charge in [-0.05, 0) is 12.1 Å². The fourth-order valence-corrected chi connectivity index (χ4v) is 3.32. The largest absolute Gasteiger partial charge is 0.494 e. The van der Waals surface area contributed by atoms with Gasteiger partial charge in [0.25, 0.3) is 5.91 Å². The summed E-state index contributed by atoms with van der Waals surface area (Å²) in [6.07, 6.45) is 0. The predicted molar refractivity (Wildman–Crippen MR) is 78.8 cm³/mol. The summed E-state index contributed by atoms with van der Waals surface area (Å²) in [5, 5.41) is 11.1. The van der Waals surface area contributed by atoms with Gasteiger partial charge >= 0.3 is 5.97 Å². The van der Waals surface area contributed by atoms with Gasteiger partial charge < -0.3 is 15.2 Å². The number of likely N-dealkylation sites (N-methyl/N-ethyl adjacent to an activating group) is 1. The van der Waals surface area contributed by atoms with Crippen LogP contribution in [0.15, 0.2) is 17.0 Å². The molecule has 1 aromatic carbocycles. The van der Waals surface area contributed by atoms with Crippen LogP contribution in [-0.2, 0) is 14.8 Å². The Kier molecular flexibility index (Phi) is 5.75. The molecule has 0 fully saturated rings. The van der Waals surface area contributed by atoms with Crippen molar-refractivity contribution in [2.45, 2.75) is 4.90 Å². The van der Waals surface area contributed by atoms with E-state index in [1.54, 1.807) is 0 Å². The molecule has 0 saturated heterocycles. The zero-order valence-corrected chi connectivity index (χ0v) is 13.7. The standard InChI is InChI=1S/C12H15ClN2O6S/c1-14-12(18)8-4-7(13)5-9(11(8)21-3)22(19,20)15(2)6-10(16)17/h4-5H,6H2,1-3H3,(H,14,18)(H,16,17). The maximum absolute atomic E-state index is 12.5. The highest BCUT2D eigenvalue weighted by atomic mass is 35.5. The number of sulfonamides is 1. The van der Waals surface area contributed by atoms with Crippen LogP contribution in [-0.4, -0.2) is 57.5 Å². The van der Waals surface area contributed by atoms with Crippen molar-refractivity contribution in [3.05, 3.63) is 22.7 Å². The van der Waals surface area contributed by atoms with Gasteiger partial charge in [-0.3, -0.25) is 9.59 Å². The van der Waals surface area contributed by atoms with Gasteiger partial charge in [0.05, 0.1) is 12.7 Å². The first-order chi connectivity index (χ1) is 10.1. The van der Waals surface area contributed by atoms with Crippen LogP contribution < -0.4 is 10.1 Å². The number of rotatable bonds is 6. The Balaban J connectivity index is 3.56. The van der Waals surface area contributed by atoms with E-state index in [0.717, 1.165) is 13.1 Å². The Labute approximate surface area is 132 Å². The molecule has 1 aromatic rings. The molecule has 0 aliphatic carbocycles. The summed E-state index contributed by atoms with van der Waals surface area (Å²) in [6, 6.07) is 2.36. The SMILES string of the molecule is CNC(=O)c1cc(Cl)cc(S(=O)(=O)N(C)CC(=O)O)c1OC. The second-order valence-corrected chi connectivity index (χ2v) is 6.67. The number of aliphatic carboxylic acids is 1. The number of carbonyl (C=O) groups is 2. The molecule has 0 bridgehead atoms. The summed E-state index contributed by atoms with van der Waals surface area (Å²) >= 11 is 5.86. The van der Waals surface area contributed by atoms with Gasteiger partial charge in [-0.25, -0.2) is 8.42 Å². The Morgan fingerprint density at radius 1 is 1.41 bits per heavy atom. The quantitative estimate of drug-likeness (QED) is 0.768. The number of benzene rings is 1. The molecule has 0 aliphatic rings. The van der Waals surface area contributed by atoms with Crippen molar-refractivity contribution in [3.8, 4) is 5.75 Å². The fourth-order valence-electron chi connectivity index (χ4n) is 1.72. The molecule has 0 spiro atoms. The average molecular weight is 351 g/mol. The summed E-state index contributed by atoms with van der Waals surface area (Å²) < 4.78 is 30.6. The van der Waals surface area contributed by atoms with Crippen molar-refractivity contribution >= 4 is 33.5 Å². The van der Waals surface area contributed by atoms with Crippen LogP contribution in [0, 0.1) is 0 Å². The topological polar surface area (TPSA) is 113 Å². The minimum Gasteiger partial charge on any atom is -0.494 e. The molecule has 10 heteroatoms. The smallest absolute Gasteiger partial charge is 0.318 e. The molecule has 8 nitrogen and oxygen atoms in total. The number of methoxy groups -OCH3 is 1. The molecule has 0 unspecified atom stereocenters. The molecule has 0 aromatic heterocycles. The minimum atomic E-state index is -4.20. The highest BCUT2D eigenvalue weighted by Gasteiger charge is 2.30. The second kappa shape index (κ2) is 6.95. The molecular formula is C12H15ClN2O6S. The van der Waals surface area contributed by atoms with Crippen LogP contribution in [0.3, 0.4) is 0 Å². The van der Waals surface area contributed by atoms with E-state index in [1.165, 1.54) is 20.2 Å².